The minimum Gasteiger partial charge on any atom is -0.341 e. The molecule has 2 heterocycles. The molecule has 1 aromatic carbocycles. The van der Waals surface area contributed by atoms with Gasteiger partial charge < -0.3 is 4.90 Å². The molecule has 0 aliphatic carbocycles. The predicted octanol–water partition coefficient (Wildman–Crippen LogP) is 3.12. The Labute approximate surface area is 156 Å². The highest BCUT2D eigenvalue weighted by molar-refractivity contribution is 5.83. The van der Waals surface area contributed by atoms with Gasteiger partial charge in [0, 0.05) is 32.0 Å². The van der Waals surface area contributed by atoms with Crippen molar-refractivity contribution in [1.29, 1.82) is 0 Å². The number of likely N-dealkylation sites (N-methyl/N-ethyl adjacent to an activating group) is 1. The maximum Gasteiger partial charge on any atom is 0.244 e. The molecule has 3 rings (SSSR count). The Kier molecular flexibility index (Phi) is 6.09. The van der Waals surface area contributed by atoms with Crippen LogP contribution >= 0.6 is 0 Å². The van der Waals surface area contributed by atoms with Gasteiger partial charge in [0.25, 0.3) is 0 Å². The first-order chi connectivity index (χ1) is 12.6. The van der Waals surface area contributed by atoms with Crippen molar-refractivity contribution in [3.63, 3.8) is 0 Å². The highest BCUT2D eigenvalue weighted by Crippen LogP contribution is 2.27. The molecule has 1 saturated heterocycles. The molecular formula is C21H30N4O. The van der Waals surface area contributed by atoms with Gasteiger partial charge in [-0.15, -0.1) is 0 Å². The van der Waals surface area contributed by atoms with Crippen molar-refractivity contribution < 1.29 is 4.79 Å². The fourth-order valence-electron chi connectivity index (χ4n) is 3.89. The van der Waals surface area contributed by atoms with Gasteiger partial charge in [-0.2, -0.15) is 5.10 Å². The summed E-state index contributed by atoms with van der Waals surface area (Å²) in [7, 11) is 3.98. The molecule has 0 bridgehead atoms. The van der Waals surface area contributed by atoms with Crippen LogP contribution in [0.5, 0.6) is 0 Å². The quantitative estimate of drug-likeness (QED) is 0.800. The molecule has 5 heteroatoms. The van der Waals surface area contributed by atoms with Crippen LogP contribution in [0.2, 0.25) is 0 Å². The van der Waals surface area contributed by atoms with E-state index in [1.807, 2.05) is 54.3 Å². The lowest BCUT2D eigenvalue weighted by Gasteiger charge is -2.36. The second kappa shape index (κ2) is 8.49. The molecule has 0 N–H and O–H groups in total. The average Bonchev–Trinajstić information content (AvgIpc) is 3.15. The van der Waals surface area contributed by atoms with Crippen molar-refractivity contribution in [1.82, 2.24) is 19.6 Å². The molecule has 1 aliphatic heterocycles. The minimum atomic E-state index is -0.197. The standard InChI is InChI=1S/C21H30N4O/c1-17-7-4-5-8-19(17)20(23(2)3)21(26)24-14-9-18(10-15-24)11-16-25-13-6-12-22-25/h4-8,12-13,18,20H,9-11,14-16H2,1-3H3/t20-/m1/s1. The Morgan fingerprint density at radius 1 is 1.23 bits per heavy atom. The van der Waals surface area contributed by atoms with Crippen LogP contribution in [-0.4, -0.2) is 52.7 Å². The molecule has 2 aromatic rings. The normalized spacial score (nSPS) is 16.8. The van der Waals surface area contributed by atoms with Crippen LogP contribution in [0.4, 0.5) is 0 Å². The van der Waals surface area contributed by atoms with Crippen molar-refractivity contribution in [3.05, 3.63) is 53.9 Å². The van der Waals surface area contributed by atoms with Gasteiger partial charge in [0.2, 0.25) is 5.91 Å². The third-order valence-electron chi connectivity index (χ3n) is 5.49. The number of nitrogens with zero attached hydrogens (tertiary/aromatic N) is 4. The Morgan fingerprint density at radius 2 is 1.96 bits per heavy atom. The summed E-state index contributed by atoms with van der Waals surface area (Å²) in [4.78, 5) is 17.3. The van der Waals surface area contributed by atoms with Crippen LogP contribution in [0.1, 0.15) is 36.4 Å². The van der Waals surface area contributed by atoms with Crippen LogP contribution in [0.15, 0.2) is 42.7 Å². The number of likely N-dealkylation sites (tertiary alicyclic amines) is 1. The third-order valence-corrected chi connectivity index (χ3v) is 5.49. The van der Waals surface area contributed by atoms with Crippen molar-refractivity contribution >= 4 is 5.91 Å². The van der Waals surface area contributed by atoms with Gasteiger partial charge in [-0.05, 0) is 63.4 Å². The van der Waals surface area contributed by atoms with Crippen molar-refractivity contribution in [2.75, 3.05) is 27.2 Å². The molecule has 0 radical (unpaired) electrons. The molecule has 0 unspecified atom stereocenters. The van der Waals surface area contributed by atoms with Gasteiger partial charge in [-0.1, -0.05) is 24.3 Å². The monoisotopic (exact) mass is 354 g/mol. The largest absolute Gasteiger partial charge is 0.341 e. The van der Waals surface area contributed by atoms with Gasteiger partial charge in [0.05, 0.1) is 0 Å². The molecule has 1 aromatic heterocycles. The summed E-state index contributed by atoms with van der Waals surface area (Å²) >= 11 is 0. The Balaban J connectivity index is 1.58. The van der Waals surface area contributed by atoms with Gasteiger partial charge in [0.1, 0.15) is 6.04 Å². The predicted molar refractivity (Wildman–Crippen MR) is 104 cm³/mol. The van der Waals surface area contributed by atoms with E-state index in [1.165, 1.54) is 5.56 Å². The summed E-state index contributed by atoms with van der Waals surface area (Å²) in [6, 6.07) is 9.98. The van der Waals surface area contributed by atoms with Crippen molar-refractivity contribution in [3.8, 4) is 0 Å². The zero-order chi connectivity index (χ0) is 18.5. The Morgan fingerprint density at radius 3 is 2.58 bits per heavy atom. The molecule has 0 saturated carbocycles. The smallest absolute Gasteiger partial charge is 0.244 e. The van der Waals surface area contributed by atoms with Crippen molar-refractivity contribution in [2.45, 2.75) is 38.8 Å². The molecule has 1 atom stereocenters. The number of aromatic nitrogens is 2. The fourth-order valence-corrected chi connectivity index (χ4v) is 3.89. The number of carbonyl (C=O) groups is 1. The lowest BCUT2D eigenvalue weighted by Crippen LogP contribution is -2.44. The summed E-state index contributed by atoms with van der Waals surface area (Å²) in [5.41, 5.74) is 2.29. The van der Waals surface area contributed by atoms with Gasteiger partial charge in [-0.3, -0.25) is 14.4 Å². The van der Waals surface area contributed by atoms with Crippen molar-refractivity contribution in [2.24, 2.45) is 5.92 Å². The summed E-state index contributed by atoms with van der Waals surface area (Å²) in [5, 5.41) is 4.27. The Bertz CT molecular complexity index is 703. The van der Waals surface area contributed by atoms with E-state index in [0.717, 1.165) is 44.5 Å². The van der Waals surface area contributed by atoms with E-state index in [4.69, 9.17) is 0 Å². The van der Waals surface area contributed by atoms with E-state index in [1.54, 1.807) is 0 Å². The number of carbonyl (C=O) groups excluding carboxylic acids is 1. The average molecular weight is 354 g/mol. The molecular weight excluding hydrogens is 324 g/mol. The van der Waals surface area contributed by atoms with Crippen LogP contribution < -0.4 is 0 Å². The van der Waals surface area contributed by atoms with E-state index in [-0.39, 0.29) is 11.9 Å². The maximum atomic E-state index is 13.2. The number of amides is 1. The highest BCUT2D eigenvalue weighted by atomic mass is 16.2. The minimum absolute atomic E-state index is 0.197. The SMILES string of the molecule is Cc1ccccc1[C@H](C(=O)N1CCC(CCn2cccn2)CC1)N(C)C. The zero-order valence-electron chi connectivity index (χ0n) is 16.1. The lowest BCUT2D eigenvalue weighted by atomic mass is 9.92. The maximum absolute atomic E-state index is 13.2. The first kappa shape index (κ1) is 18.6. The summed E-state index contributed by atoms with van der Waals surface area (Å²) < 4.78 is 2.00. The van der Waals surface area contributed by atoms with E-state index in [9.17, 15) is 4.79 Å². The summed E-state index contributed by atoms with van der Waals surface area (Å²) in [6.45, 7) is 4.77. The number of rotatable bonds is 6. The molecule has 0 spiro atoms. The molecule has 1 fully saturated rings. The van der Waals surface area contributed by atoms with E-state index >= 15 is 0 Å². The van der Waals surface area contributed by atoms with Crippen LogP contribution in [-0.2, 0) is 11.3 Å². The number of hydrogen-bond donors (Lipinski definition) is 0. The fraction of sp³-hybridized carbons (Fsp3) is 0.524. The van der Waals surface area contributed by atoms with E-state index in [0.29, 0.717) is 5.92 Å². The number of hydrogen-bond acceptors (Lipinski definition) is 3. The van der Waals surface area contributed by atoms with Crippen LogP contribution in [0.3, 0.4) is 0 Å². The highest BCUT2D eigenvalue weighted by Gasteiger charge is 2.31. The second-order valence-corrected chi connectivity index (χ2v) is 7.55. The number of piperidine rings is 1. The van der Waals surface area contributed by atoms with E-state index < -0.39 is 0 Å². The molecule has 1 aliphatic rings. The molecule has 5 nitrogen and oxygen atoms in total. The van der Waals surface area contributed by atoms with Gasteiger partial charge in [0.15, 0.2) is 0 Å². The Hall–Kier alpha value is -2.14. The van der Waals surface area contributed by atoms with Crippen LogP contribution in [0.25, 0.3) is 0 Å². The summed E-state index contributed by atoms with van der Waals surface area (Å²) in [6.07, 6.45) is 7.15. The second-order valence-electron chi connectivity index (χ2n) is 7.55. The molecule has 140 valence electrons. The first-order valence-corrected chi connectivity index (χ1v) is 9.54. The summed E-state index contributed by atoms with van der Waals surface area (Å²) in [5.74, 6) is 0.911. The van der Waals surface area contributed by atoms with Gasteiger partial charge >= 0.3 is 0 Å². The zero-order valence-corrected chi connectivity index (χ0v) is 16.1. The number of aryl methyl sites for hydroxylation is 2. The lowest BCUT2D eigenvalue weighted by molar-refractivity contribution is -0.137. The third kappa shape index (κ3) is 4.33. The van der Waals surface area contributed by atoms with E-state index in [2.05, 4.69) is 29.1 Å². The topological polar surface area (TPSA) is 41.4 Å². The number of benzene rings is 1. The molecule has 26 heavy (non-hydrogen) atoms. The van der Waals surface area contributed by atoms with Gasteiger partial charge in [-0.25, -0.2) is 0 Å². The molecule has 1 amide bonds. The van der Waals surface area contributed by atoms with Crippen LogP contribution in [0, 0.1) is 12.8 Å². The first-order valence-electron chi connectivity index (χ1n) is 9.54.